The largest absolute Gasteiger partial charge is 0.379 e. The molecule has 0 bridgehead atoms. The monoisotopic (exact) mass is 454 g/mol. The SMILES string of the molecule is O=C(NCC(c1ccc(F)cc1)N1CCOCC1)c1cccc(I)c1. The second-order valence-electron chi connectivity index (χ2n) is 5.94. The number of carbonyl (C=O) groups is 1. The van der Waals surface area contributed by atoms with E-state index in [1.54, 1.807) is 18.2 Å². The number of benzene rings is 2. The molecule has 1 N–H and O–H groups in total. The smallest absolute Gasteiger partial charge is 0.251 e. The van der Waals surface area contributed by atoms with E-state index in [0.717, 1.165) is 22.2 Å². The first kappa shape index (κ1) is 18.3. The van der Waals surface area contributed by atoms with E-state index in [4.69, 9.17) is 4.74 Å². The van der Waals surface area contributed by atoms with Crippen molar-refractivity contribution in [2.75, 3.05) is 32.8 Å². The summed E-state index contributed by atoms with van der Waals surface area (Å²) in [5.74, 6) is -0.355. The number of hydrogen-bond acceptors (Lipinski definition) is 3. The molecule has 1 fully saturated rings. The fourth-order valence-electron chi connectivity index (χ4n) is 2.95. The van der Waals surface area contributed by atoms with Gasteiger partial charge >= 0.3 is 0 Å². The van der Waals surface area contributed by atoms with Gasteiger partial charge in [0.15, 0.2) is 0 Å². The van der Waals surface area contributed by atoms with Crippen LogP contribution >= 0.6 is 22.6 Å². The fourth-order valence-corrected chi connectivity index (χ4v) is 3.50. The minimum Gasteiger partial charge on any atom is -0.379 e. The molecule has 0 radical (unpaired) electrons. The number of carbonyl (C=O) groups excluding carboxylic acids is 1. The molecular formula is C19H20FIN2O2. The number of amides is 1. The molecule has 1 saturated heterocycles. The van der Waals surface area contributed by atoms with Crippen LogP contribution in [0.15, 0.2) is 48.5 Å². The minimum absolute atomic E-state index is 0.00349. The van der Waals surface area contributed by atoms with Gasteiger partial charge in [-0.25, -0.2) is 4.39 Å². The van der Waals surface area contributed by atoms with Gasteiger partial charge in [-0.2, -0.15) is 0 Å². The Morgan fingerprint density at radius 3 is 2.60 bits per heavy atom. The van der Waals surface area contributed by atoms with Gasteiger partial charge in [0.2, 0.25) is 0 Å². The lowest BCUT2D eigenvalue weighted by Crippen LogP contribution is -2.43. The fraction of sp³-hybridized carbons (Fsp3) is 0.316. The Kier molecular flexibility index (Phi) is 6.39. The molecule has 2 aromatic rings. The van der Waals surface area contributed by atoms with Gasteiger partial charge in [-0.3, -0.25) is 9.69 Å². The highest BCUT2D eigenvalue weighted by molar-refractivity contribution is 14.1. The van der Waals surface area contributed by atoms with E-state index in [9.17, 15) is 9.18 Å². The lowest BCUT2D eigenvalue weighted by molar-refractivity contribution is 0.0162. The molecule has 3 rings (SSSR count). The molecule has 132 valence electrons. The molecule has 2 aromatic carbocycles. The maximum atomic E-state index is 13.3. The number of rotatable bonds is 5. The van der Waals surface area contributed by atoms with E-state index in [2.05, 4.69) is 32.8 Å². The molecule has 1 amide bonds. The average molecular weight is 454 g/mol. The normalized spacial score (nSPS) is 16.4. The summed E-state index contributed by atoms with van der Waals surface area (Å²) in [5, 5.41) is 3.02. The second kappa shape index (κ2) is 8.73. The van der Waals surface area contributed by atoms with Crippen molar-refractivity contribution < 1.29 is 13.9 Å². The molecule has 1 atom stereocenters. The third kappa shape index (κ3) is 4.99. The number of halogens is 2. The molecule has 1 aliphatic heterocycles. The van der Waals surface area contributed by atoms with Gasteiger partial charge in [0.05, 0.1) is 19.3 Å². The van der Waals surface area contributed by atoms with Gasteiger partial charge in [0, 0.05) is 28.8 Å². The van der Waals surface area contributed by atoms with Gasteiger partial charge in [0.1, 0.15) is 5.82 Å². The lowest BCUT2D eigenvalue weighted by Gasteiger charge is -2.35. The van der Waals surface area contributed by atoms with Crippen molar-refractivity contribution >= 4 is 28.5 Å². The molecule has 1 heterocycles. The first-order chi connectivity index (χ1) is 12.1. The Balaban J connectivity index is 1.73. The van der Waals surface area contributed by atoms with E-state index in [1.165, 1.54) is 12.1 Å². The first-order valence-corrected chi connectivity index (χ1v) is 9.32. The zero-order valence-corrected chi connectivity index (χ0v) is 15.9. The van der Waals surface area contributed by atoms with Crippen molar-refractivity contribution in [1.82, 2.24) is 10.2 Å². The predicted molar refractivity (Wildman–Crippen MR) is 103 cm³/mol. The van der Waals surface area contributed by atoms with Crippen LogP contribution in [0.1, 0.15) is 22.0 Å². The topological polar surface area (TPSA) is 41.6 Å². The van der Waals surface area contributed by atoms with Crippen LogP contribution in [0.2, 0.25) is 0 Å². The van der Waals surface area contributed by atoms with Crippen molar-refractivity contribution in [3.63, 3.8) is 0 Å². The molecule has 1 aliphatic rings. The highest BCUT2D eigenvalue weighted by atomic mass is 127. The summed E-state index contributed by atoms with van der Waals surface area (Å²) in [4.78, 5) is 14.7. The standard InChI is InChI=1S/C19H20FIN2O2/c20-16-6-4-14(5-7-16)18(23-8-10-25-11-9-23)13-22-19(24)15-2-1-3-17(21)12-15/h1-7,12,18H,8-11,13H2,(H,22,24). The van der Waals surface area contributed by atoms with Crippen molar-refractivity contribution in [3.05, 3.63) is 69.0 Å². The summed E-state index contributed by atoms with van der Waals surface area (Å²) < 4.78 is 19.7. The Morgan fingerprint density at radius 1 is 1.20 bits per heavy atom. The minimum atomic E-state index is -0.257. The summed E-state index contributed by atoms with van der Waals surface area (Å²) in [6, 6.07) is 14.0. The van der Waals surface area contributed by atoms with Crippen LogP contribution in [0.3, 0.4) is 0 Å². The van der Waals surface area contributed by atoms with Crippen LogP contribution in [-0.4, -0.2) is 43.7 Å². The Hall–Kier alpha value is -1.51. The molecule has 25 heavy (non-hydrogen) atoms. The quantitative estimate of drug-likeness (QED) is 0.706. The Bertz CT molecular complexity index is 718. The highest BCUT2D eigenvalue weighted by Crippen LogP contribution is 2.22. The zero-order chi connectivity index (χ0) is 17.6. The summed E-state index contributed by atoms with van der Waals surface area (Å²) in [5.41, 5.74) is 1.64. The van der Waals surface area contributed by atoms with Crippen LogP contribution < -0.4 is 5.32 Å². The van der Waals surface area contributed by atoms with Gasteiger partial charge < -0.3 is 10.1 Å². The van der Waals surface area contributed by atoms with Crippen LogP contribution in [0.25, 0.3) is 0 Å². The van der Waals surface area contributed by atoms with Crippen molar-refractivity contribution in [3.8, 4) is 0 Å². The van der Waals surface area contributed by atoms with Gasteiger partial charge in [-0.1, -0.05) is 18.2 Å². The average Bonchev–Trinajstić information content (AvgIpc) is 2.64. The van der Waals surface area contributed by atoms with Gasteiger partial charge in [0.25, 0.3) is 5.91 Å². The molecular weight excluding hydrogens is 434 g/mol. The molecule has 0 spiro atoms. The van der Waals surface area contributed by atoms with E-state index in [1.807, 2.05) is 18.2 Å². The molecule has 4 nitrogen and oxygen atoms in total. The maximum absolute atomic E-state index is 13.3. The third-order valence-corrected chi connectivity index (χ3v) is 4.95. The molecule has 0 aromatic heterocycles. The number of hydrogen-bond donors (Lipinski definition) is 1. The predicted octanol–water partition coefficient (Wildman–Crippen LogP) is 3.23. The van der Waals surface area contributed by atoms with Gasteiger partial charge in [-0.05, 0) is 58.5 Å². The maximum Gasteiger partial charge on any atom is 0.251 e. The summed E-state index contributed by atoms with van der Waals surface area (Å²) in [6.45, 7) is 3.39. The number of ether oxygens (including phenoxy) is 1. The van der Waals surface area contributed by atoms with Crippen LogP contribution in [0.5, 0.6) is 0 Å². The number of morpholine rings is 1. The number of nitrogens with zero attached hydrogens (tertiary/aromatic N) is 1. The molecule has 6 heteroatoms. The molecule has 0 aliphatic carbocycles. The summed E-state index contributed by atoms with van der Waals surface area (Å²) in [7, 11) is 0. The van der Waals surface area contributed by atoms with E-state index in [-0.39, 0.29) is 17.8 Å². The summed E-state index contributed by atoms with van der Waals surface area (Å²) >= 11 is 2.19. The Labute approximate surface area is 160 Å². The van der Waals surface area contributed by atoms with E-state index < -0.39 is 0 Å². The number of nitrogens with one attached hydrogen (secondary N) is 1. The van der Waals surface area contributed by atoms with Crippen molar-refractivity contribution in [1.29, 1.82) is 0 Å². The van der Waals surface area contributed by atoms with Crippen LogP contribution in [0.4, 0.5) is 4.39 Å². The third-order valence-electron chi connectivity index (χ3n) is 4.28. The lowest BCUT2D eigenvalue weighted by atomic mass is 10.0. The van der Waals surface area contributed by atoms with Crippen molar-refractivity contribution in [2.24, 2.45) is 0 Å². The van der Waals surface area contributed by atoms with E-state index >= 15 is 0 Å². The van der Waals surface area contributed by atoms with Crippen LogP contribution in [-0.2, 0) is 4.74 Å². The highest BCUT2D eigenvalue weighted by Gasteiger charge is 2.23. The van der Waals surface area contributed by atoms with Gasteiger partial charge in [-0.15, -0.1) is 0 Å². The van der Waals surface area contributed by atoms with Crippen LogP contribution in [0, 0.1) is 9.39 Å². The molecule has 0 saturated carbocycles. The van der Waals surface area contributed by atoms with E-state index in [0.29, 0.717) is 25.3 Å². The molecule has 1 unspecified atom stereocenters. The summed E-state index contributed by atoms with van der Waals surface area (Å²) in [6.07, 6.45) is 0. The van der Waals surface area contributed by atoms with Crippen molar-refractivity contribution in [2.45, 2.75) is 6.04 Å². The first-order valence-electron chi connectivity index (χ1n) is 8.24. The second-order valence-corrected chi connectivity index (χ2v) is 7.18. The zero-order valence-electron chi connectivity index (χ0n) is 13.8. The Morgan fingerprint density at radius 2 is 1.92 bits per heavy atom.